The van der Waals surface area contributed by atoms with Crippen LogP contribution in [-0.2, 0) is 4.79 Å². The van der Waals surface area contributed by atoms with Crippen LogP contribution in [0.15, 0.2) is 30.3 Å². The molecule has 5 nitrogen and oxygen atoms in total. The molecule has 5 heteroatoms. The van der Waals surface area contributed by atoms with Gasteiger partial charge in [0.05, 0.1) is 12.0 Å². The molecule has 1 saturated carbocycles. The number of rotatable bonds is 5. The lowest BCUT2D eigenvalue weighted by Gasteiger charge is -2.32. The monoisotopic (exact) mass is 344 g/mol. The van der Waals surface area contributed by atoms with Gasteiger partial charge in [0, 0.05) is 25.2 Å². The van der Waals surface area contributed by atoms with Crippen LogP contribution in [0.1, 0.15) is 48.9 Å². The first kappa shape index (κ1) is 17.9. The van der Waals surface area contributed by atoms with Crippen molar-refractivity contribution in [2.24, 2.45) is 11.8 Å². The summed E-state index contributed by atoms with van der Waals surface area (Å²) in [5, 5.41) is 13.1. The molecule has 2 fully saturated rings. The van der Waals surface area contributed by atoms with Gasteiger partial charge in [0.1, 0.15) is 0 Å². The van der Waals surface area contributed by atoms with Crippen LogP contribution in [0.5, 0.6) is 0 Å². The number of carbonyl (C=O) groups is 2. The molecule has 3 rings (SSSR count). The number of hydrogen-bond donors (Lipinski definition) is 2. The van der Waals surface area contributed by atoms with Gasteiger partial charge >= 0.3 is 0 Å². The summed E-state index contributed by atoms with van der Waals surface area (Å²) < 4.78 is 0. The highest BCUT2D eigenvalue weighted by Gasteiger charge is 2.30. The van der Waals surface area contributed by atoms with Crippen molar-refractivity contribution in [2.75, 3.05) is 19.6 Å². The lowest BCUT2D eigenvalue weighted by atomic mass is 9.95. The molecule has 2 aliphatic rings. The fourth-order valence-corrected chi connectivity index (χ4v) is 4.00. The molecule has 2 atom stereocenters. The molecular weight excluding hydrogens is 316 g/mol. The highest BCUT2D eigenvalue weighted by atomic mass is 16.3. The molecular formula is C20H28N2O3. The molecule has 0 aromatic heterocycles. The van der Waals surface area contributed by atoms with Gasteiger partial charge in [-0.25, -0.2) is 0 Å². The quantitative estimate of drug-likeness (QED) is 0.860. The molecule has 1 saturated heterocycles. The summed E-state index contributed by atoms with van der Waals surface area (Å²) in [4.78, 5) is 26.8. The van der Waals surface area contributed by atoms with Crippen LogP contribution >= 0.6 is 0 Å². The van der Waals surface area contributed by atoms with Crippen molar-refractivity contribution >= 4 is 11.8 Å². The van der Waals surface area contributed by atoms with Crippen molar-refractivity contribution in [3.05, 3.63) is 35.9 Å². The molecule has 136 valence electrons. The second kappa shape index (κ2) is 8.48. The van der Waals surface area contributed by atoms with Crippen molar-refractivity contribution in [2.45, 2.75) is 44.6 Å². The number of aliphatic hydroxyl groups is 1. The number of likely N-dealkylation sites (tertiary alicyclic amines) is 1. The van der Waals surface area contributed by atoms with Crippen molar-refractivity contribution < 1.29 is 14.7 Å². The van der Waals surface area contributed by atoms with E-state index >= 15 is 0 Å². The molecule has 1 aromatic rings. The highest BCUT2D eigenvalue weighted by molar-refractivity contribution is 5.94. The van der Waals surface area contributed by atoms with E-state index in [1.807, 2.05) is 30.3 Å². The van der Waals surface area contributed by atoms with Gasteiger partial charge in [0.2, 0.25) is 5.91 Å². The molecule has 2 N–H and O–H groups in total. The van der Waals surface area contributed by atoms with Gasteiger partial charge in [-0.1, -0.05) is 31.0 Å². The Hall–Kier alpha value is -1.88. The van der Waals surface area contributed by atoms with E-state index in [1.54, 1.807) is 4.90 Å². The third-order valence-electron chi connectivity index (χ3n) is 5.53. The second-order valence-electron chi connectivity index (χ2n) is 7.31. The fraction of sp³-hybridized carbons (Fsp3) is 0.600. The molecule has 0 bridgehead atoms. The number of amides is 2. The van der Waals surface area contributed by atoms with Crippen LogP contribution in [-0.4, -0.2) is 47.6 Å². The maximum absolute atomic E-state index is 12.6. The molecule has 2 amide bonds. The van der Waals surface area contributed by atoms with E-state index in [9.17, 15) is 14.7 Å². The maximum atomic E-state index is 12.6. The number of nitrogens with one attached hydrogen (secondary N) is 1. The Morgan fingerprint density at radius 3 is 2.56 bits per heavy atom. The van der Waals surface area contributed by atoms with Crippen molar-refractivity contribution in [3.8, 4) is 0 Å². The Morgan fingerprint density at radius 2 is 1.84 bits per heavy atom. The fourth-order valence-electron chi connectivity index (χ4n) is 4.00. The number of benzene rings is 1. The minimum Gasteiger partial charge on any atom is -0.391 e. The average Bonchev–Trinajstić information content (AvgIpc) is 3.21. The van der Waals surface area contributed by atoms with Crippen LogP contribution in [0, 0.1) is 11.8 Å². The summed E-state index contributed by atoms with van der Waals surface area (Å²) >= 11 is 0. The molecule has 0 spiro atoms. The van der Waals surface area contributed by atoms with Gasteiger partial charge in [-0.2, -0.15) is 0 Å². The van der Waals surface area contributed by atoms with Crippen molar-refractivity contribution in [1.82, 2.24) is 10.2 Å². The lowest BCUT2D eigenvalue weighted by Crippen LogP contribution is -2.47. The third kappa shape index (κ3) is 4.60. The Labute approximate surface area is 149 Å². The normalized spacial score (nSPS) is 22.6. The summed E-state index contributed by atoms with van der Waals surface area (Å²) in [5.74, 6) is 0.0895. The van der Waals surface area contributed by atoms with E-state index < -0.39 is 6.10 Å². The first-order valence-corrected chi connectivity index (χ1v) is 9.45. The Kier molecular flexibility index (Phi) is 6.08. The minimum atomic E-state index is -0.447. The van der Waals surface area contributed by atoms with E-state index in [0.29, 0.717) is 31.1 Å². The van der Waals surface area contributed by atoms with Gasteiger partial charge in [-0.3, -0.25) is 9.59 Å². The van der Waals surface area contributed by atoms with Crippen LogP contribution in [0.25, 0.3) is 0 Å². The predicted octanol–water partition coefficient (Wildman–Crippen LogP) is 2.21. The highest BCUT2D eigenvalue weighted by Crippen LogP contribution is 2.27. The SMILES string of the molecule is O=C(NCC(O)C1CCCC1)C1CCCN(C(=O)c2ccccc2)C1. The van der Waals surface area contributed by atoms with Gasteiger partial charge in [0.15, 0.2) is 0 Å². The van der Waals surface area contributed by atoms with E-state index in [1.165, 1.54) is 12.8 Å². The number of nitrogens with zero attached hydrogens (tertiary/aromatic N) is 1. The van der Waals surface area contributed by atoms with E-state index in [4.69, 9.17) is 0 Å². The van der Waals surface area contributed by atoms with Gasteiger partial charge in [0.25, 0.3) is 5.91 Å². The average molecular weight is 344 g/mol. The topological polar surface area (TPSA) is 69.6 Å². The number of aliphatic hydroxyl groups excluding tert-OH is 1. The zero-order chi connectivity index (χ0) is 17.6. The van der Waals surface area contributed by atoms with Gasteiger partial charge in [-0.05, 0) is 43.7 Å². The first-order valence-electron chi connectivity index (χ1n) is 9.45. The van der Waals surface area contributed by atoms with Crippen LogP contribution < -0.4 is 5.32 Å². The Balaban J connectivity index is 1.50. The summed E-state index contributed by atoms with van der Waals surface area (Å²) in [6.07, 6.45) is 5.65. The van der Waals surface area contributed by atoms with E-state index in [2.05, 4.69) is 5.32 Å². The minimum absolute atomic E-state index is 0.0101. The molecule has 25 heavy (non-hydrogen) atoms. The van der Waals surface area contributed by atoms with Gasteiger partial charge in [-0.15, -0.1) is 0 Å². The standard InChI is InChI=1S/C20H28N2O3/c23-18(15-7-4-5-8-15)13-21-19(24)17-11-6-12-22(14-17)20(25)16-9-2-1-3-10-16/h1-3,9-10,15,17-18,23H,4-8,11-14H2,(H,21,24). The smallest absolute Gasteiger partial charge is 0.253 e. The summed E-state index contributed by atoms with van der Waals surface area (Å²) in [5.41, 5.74) is 0.667. The van der Waals surface area contributed by atoms with E-state index in [0.717, 1.165) is 25.7 Å². The number of piperidine rings is 1. The second-order valence-corrected chi connectivity index (χ2v) is 7.31. The zero-order valence-electron chi connectivity index (χ0n) is 14.7. The zero-order valence-corrected chi connectivity index (χ0v) is 14.7. The van der Waals surface area contributed by atoms with Gasteiger partial charge < -0.3 is 15.3 Å². The van der Waals surface area contributed by atoms with Crippen LogP contribution in [0.3, 0.4) is 0 Å². The Morgan fingerprint density at radius 1 is 1.12 bits per heavy atom. The molecule has 2 unspecified atom stereocenters. The van der Waals surface area contributed by atoms with E-state index in [-0.39, 0.29) is 17.7 Å². The summed E-state index contributed by atoms with van der Waals surface area (Å²) in [7, 11) is 0. The maximum Gasteiger partial charge on any atom is 0.253 e. The predicted molar refractivity (Wildman–Crippen MR) is 96.0 cm³/mol. The van der Waals surface area contributed by atoms with Crippen molar-refractivity contribution in [3.63, 3.8) is 0 Å². The third-order valence-corrected chi connectivity index (χ3v) is 5.53. The Bertz CT molecular complexity index is 584. The molecule has 0 radical (unpaired) electrons. The molecule has 1 aliphatic heterocycles. The first-order chi connectivity index (χ1) is 12.1. The summed E-state index contributed by atoms with van der Waals surface area (Å²) in [6.45, 7) is 1.48. The molecule has 1 aromatic carbocycles. The largest absolute Gasteiger partial charge is 0.391 e. The lowest BCUT2D eigenvalue weighted by molar-refractivity contribution is -0.127. The van der Waals surface area contributed by atoms with Crippen molar-refractivity contribution in [1.29, 1.82) is 0 Å². The summed E-state index contributed by atoms with van der Waals surface area (Å²) in [6, 6.07) is 9.21. The number of carbonyl (C=O) groups excluding carboxylic acids is 2. The van der Waals surface area contributed by atoms with Crippen LogP contribution in [0.4, 0.5) is 0 Å². The van der Waals surface area contributed by atoms with Crippen LogP contribution in [0.2, 0.25) is 0 Å². The molecule has 1 heterocycles. The molecule has 1 aliphatic carbocycles. The number of hydrogen-bond acceptors (Lipinski definition) is 3.